The maximum atomic E-state index is 10.3. The van der Waals surface area contributed by atoms with Crippen molar-refractivity contribution in [1.29, 1.82) is 0 Å². The van der Waals surface area contributed by atoms with E-state index in [1.165, 1.54) is 0 Å². The van der Waals surface area contributed by atoms with Crippen LogP contribution in [0.5, 0.6) is 0 Å². The lowest BCUT2D eigenvalue weighted by molar-refractivity contribution is 0.120. The molecule has 1 aromatic rings. The minimum Gasteiger partial charge on any atom is -0.555 e. The van der Waals surface area contributed by atoms with E-state index >= 15 is 0 Å². The molecule has 0 amide bonds. The monoisotopic (exact) mass is 280 g/mol. The zero-order valence-electron chi connectivity index (χ0n) is 11.1. The van der Waals surface area contributed by atoms with Crippen LogP contribution in [0.25, 0.3) is 0 Å². The summed E-state index contributed by atoms with van der Waals surface area (Å²) in [5.41, 5.74) is 12.1. The van der Waals surface area contributed by atoms with Gasteiger partial charge in [-0.05, 0) is 12.0 Å². The molecular weight excluding hydrogens is 261 g/mol. The molecular formula is C12H19BN3O4-. The molecule has 0 saturated carbocycles. The highest BCUT2D eigenvalue weighted by atomic mass is 16.7. The summed E-state index contributed by atoms with van der Waals surface area (Å²) in [6.45, 7) is -1.98. The van der Waals surface area contributed by atoms with Crippen molar-refractivity contribution >= 4 is 18.2 Å². The zero-order valence-corrected chi connectivity index (χ0v) is 11.1. The normalized spacial score (nSPS) is 25.6. The molecule has 1 aliphatic heterocycles. The number of rotatable bonds is 5. The molecule has 2 rings (SSSR count). The van der Waals surface area contributed by atoms with Gasteiger partial charge in [-0.25, -0.2) is 0 Å². The molecule has 20 heavy (non-hydrogen) atoms. The van der Waals surface area contributed by atoms with E-state index < -0.39 is 12.9 Å². The highest BCUT2D eigenvalue weighted by Gasteiger charge is 2.36. The Labute approximate surface area is 117 Å². The van der Waals surface area contributed by atoms with E-state index in [-0.39, 0.29) is 19.2 Å². The minimum absolute atomic E-state index is 0.0714. The smallest absolute Gasteiger partial charge is 0.407 e. The molecule has 2 atom stereocenters. The lowest BCUT2D eigenvalue weighted by Crippen LogP contribution is -2.50. The quantitative estimate of drug-likeness (QED) is 0.282. The number of aliphatic imine (C=N–C) groups is 1. The van der Waals surface area contributed by atoms with E-state index in [4.69, 9.17) is 25.9 Å². The Morgan fingerprint density at radius 3 is 2.60 bits per heavy atom. The SMILES string of the molecule is NC(N)=NCCc1ccc([B-]2(O)OC[C@@H](CO)O2)cc1. The average Bonchev–Trinajstić information content (AvgIpc) is 2.82. The third-order valence-electron chi connectivity index (χ3n) is 3.18. The summed E-state index contributed by atoms with van der Waals surface area (Å²) in [4.78, 5) is 3.90. The van der Waals surface area contributed by atoms with E-state index in [0.29, 0.717) is 18.4 Å². The Kier molecular flexibility index (Phi) is 4.61. The second-order valence-electron chi connectivity index (χ2n) is 4.74. The number of aliphatic hydroxyl groups is 1. The van der Waals surface area contributed by atoms with Crippen LogP contribution in [-0.4, -0.2) is 48.7 Å². The first-order valence-corrected chi connectivity index (χ1v) is 6.47. The van der Waals surface area contributed by atoms with Gasteiger partial charge in [0, 0.05) is 13.2 Å². The van der Waals surface area contributed by atoms with Crippen LogP contribution in [0, 0.1) is 0 Å². The van der Waals surface area contributed by atoms with Crippen LogP contribution in [-0.2, 0) is 15.7 Å². The fourth-order valence-corrected chi connectivity index (χ4v) is 2.09. The van der Waals surface area contributed by atoms with Gasteiger partial charge in [-0.15, -0.1) is 5.46 Å². The topological polar surface area (TPSA) is 123 Å². The van der Waals surface area contributed by atoms with Gasteiger partial charge in [-0.3, -0.25) is 4.99 Å². The maximum absolute atomic E-state index is 10.3. The number of aliphatic hydroxyl groups excluding tert-OH is 1. The Morgan fingerprint density at radius 1 is 1.35 bits per heavy atom. The van der Waals surface area contributed by atoms with Crippen LogP contribution < -0.4 is 16.9 Å². The van der Waals surface area contributed by atoms with Gasteiger partial charge in [0.1, 0.15) is 0 Å². The number of nitrogens with zero attached hydrogens (tertiary/aromatic N) is 1. The lowest BCUT2D eigenvalue weighted by Gasteiger charge is -2.29. The van der Waals surface area contributed by atoms with Gasteiger partial charge >= 0.3 is 6.75 Å². The van der Waals surface area contributed by atoms with Crippen LogP contribution in [0.1, 0.15) is 5.56 Å². The van der Waals surface area contributed by atoms with Crippen molar-refractivity contribution < 1.29 is 19.4 Å². The molecule has 0 bridgehead atoms. The van der Waals surface area contributed by atoms with Crippen molar-refractivity contribution in [3.8, 4) is 0 Å². The molecule has 7 nitrogen and oxygen atoms in total. The molecule has 6 N–H and O–H groups in total. The third kappa shape index (κ3) is 3.48. The maximum Gasteiger partial charge on any atom is 0.407 e. The molecule has 0 aliphatic carbocycles. The molecule has 0 aromatic heterocycles. The highest BCUT2D eigenvalue weighted by molar-refractivity contribution is 6.74. The Morgan fingerprint density at radius 2 is 2.05 bits per heavy atom. The van der Waals surface area contributed by atoms with Crippen LogP contribution in [0.4, 0.5) is 0 Å². The summed E-state index contributed by atoms with van der Waals surface area (Å²) < 4.78 is 10.6. The third-order valence-corrected chi connectivity index (χ3v) is 3.18. The molecule has 0 spiro atoms. The van der Waals surface area contributed by atoms with Crippen LogP contribution in [0.3, 0.4) is 0 Å². The molecule has 1 aliphatic rings. The first-order valence-electron chi connectivity index (χ1n) is 6.47. The predicted octanol–water partition coefficient (Wildman–Crippen LogP) is -1.95. The standard InChI is InChI=1S/C12H19BN3O4/c14-12(15)16-6-5-9-1-3-10(4-2-9)13(18)19-8-11(7-17)20-13/h1-4,11,17-18H,5-8H2,(H4,14,15,16)/q-1/t11-,13?/m1/s1. The summed E-state index contributed by atoms with van der Waals surface area (Å²) in [5, 5.41) is 19.2. The van der Waals surface area contributed by atoms with Crippen molar-refractivity contribution in [3.05, 3.63) is 29.8 Å². The molecule has 0 radical (unpaired) electrons. The van der Waals surface area contributed by atoms with Gasteiger partial charge in [0.05, 0.1) is 12.7 Å². The van der Waals surface area contributed by atoms with Crippen molar-refractivity contribution in [3.63, 3.8) is 0 Å². The number of benzene rings is 1. The van der Waals surface area contributed by atoms with E-state index in [1.54, 1.807) is 12.1 Å². The predicted molar refractivity (Wildman–Crippen MR) is 76.3 cm³/mol. The largest absolute Gasteiger partial charge is 0.555 e. The highest BCUT2D eigenvalue weighted by Crippen LogP contribution is 2.16. The first kappa shape index (κ1) is 14.8. The Hall–Kier alpha value is -1.61. The number of guanidine groups is 1. The second-order valence-corrected chi connectivity index (χ2v) is 4.74. The number of nitrogens with two attached hydrogens (primary N) is 2. The first-order chi connectivity index (χ1) is 9.53. The fraction of sp³-hybridized carbons (Fsp3) is 0.417. The van der Waals surface area contributed by atoms with Gasteiger partial charge in [-0.1, -0.05) is 24.3 Å². The van der Waals surface area contributed by atoms with Crippen LogP contribution in [0.2, 0.25) is 0 Å². The van der Waals surface area contributed by atoms with Crippen LogP contribution in [0.15, 0.2) is 29.3 Å². The summed E-state index contributed by atoms with van der Waals surface area (Å²) in [7, 11) is 0. The number of hydrogen-bond donors (Lipinski definition) is 4. The van der Waals surface area contributed by atoms with Gasteiger partial charge in [0.25, 0.3) is 0 Å². The second kappa shape index (κ2) is 6.23. The average molecular weight is 280 g/mol. The van der Waals surface area contributed by atoms with E-state index in [2.05, 4.69) is 4.99 Å². The molecule has 110 valence electrons. The summed E-state index contributed by atoms with van der Waals surface area (Å²) >= 11 is 0. The van der Waals surface area contributed by atoms with E-state index in [9.17, 15) is 5.02 Å². The lowest BCUT2D eigenvalue weighted by atomic mass is 9.70. The van der Waals surface area contributed by atoms with Crippen molar-refractivity contribution in [1.82, 2.24) is 0 Å². The number of hydrogen-bond acceptors (Lipinski definition) is 5. The molecule has 1 aromatic carbocycles. The molecule has 1 heterocycles. The van der Waals surface area contributed by atoms with Crippen LogP contribution >= 0.6 is 0 Å². The molecule has 1 saturated heterocycles. The van der Waals surface area contributed by atoms with Gasteiger partial charge in [-0.2, -0.15) is 0 Å². The summed E-state index contributed by atoms with van der Waals surface area (Å²) in [5.74, 6) is 0.0714. The zero-order chi connectivity index (χ0) is 14.6. The summed E-state index contributed by atoms with van der Waals surface area (Å²) in [6, 6.07) is 7.20. The van der Waals surface area contributed by atoms with E-state index in [0.717, 1.165) is 5.56 Å². The summed E-state index contributed by atoms with van der Waals surface area (Å²) in [6.07, 6.45) is 0.214. The molecule has 1 fully saturated rings. The van der Waals surface area contributed by atoms with Gasteiger partial charge in [0.15, 0.2) is 5.96 Å². The Balaban J connectivity index is 1.99. The van der Waals surface area contributed by atoms with Crippen molar-refractivity contribution in [2.45, 2.75) is 12.5 Å². The molecule has 8 heteroatoms. The van der Waals surface area contributed by atoms with Crippen molar-refractivity contribution in [2.24, 2.45) is 16.5 Å². The van der Waals surface area contributed by atoms with Crippen molar-refractivity contribution in [2.75, 3.05) is 19.8 Å². The van der Waals surface area contributed by atoms with Gasteiger partial charge in [0.2, 0.25) is 0 Å². The van der Waals surface area contributed by atoms with Gasteiger partial charge < -0.3 is 30.9 Å². The minimum atomic E-state index is -2.49. The van der Waals surface area contributed by atoms with E-state index in [1.807, 2.05) is 12.1 Å². The fourth-order valence-electron chi connectivity index (χ4n) is 2.09. The Bertz CT molecular complexity index is 478. The molecule has 1 unspecified atom stereocenters.